The van der Waals surface area contributed by atoms with Gasteiger partial charge in [-0.3, -0.25) is 9.59 Å². The lowest BCUT2D eigenvalue weighted by Gasteiger charge is -2.40. The topological polar surface area (TPSA) is 76.1 Å². The van der Waals surface area contributed by atoms with Gasteiger partial charge >= 0.3 is 6.09 Å². The number of carbonyl (C=O) groups excluding carboxylic acids is 3. The van der Waals surface area contributed by atoms with E-state index in [1.807, 2.05) is 74.2 Å². The minimum atomic E-state index is -0.630. The monoisotopic (exact) mass is 610 g/mol. The van der Waals surface area contributed by atoms with Gasteiger partial charge in [0.2, 0.25) is 5.91 Å². The maximum atomic E-state index is 14.6. The number of aryl methyl sites for hydroxylation is 1. The van der Waals surface area contributed by atoms with Crippen molar-refractivity contribution in [1.82, 2.24) is 9.80 Å². The van der Waals surface area contributed by atoms with Crippen LogP contribution in [-0.4, -0.2) is 59.4 Å². The molecule has 2 amide bonds. The van der Waals surface area contributed by atoms with Crippen LogP contribution in [0.15, 0.2) is 66.7 Å². The predicted molar refractivity (Wildman–Crippen MR) is 176 cm³/mol. The van der Waals surface area contributed by atoms with Crippen LogP contribution in [0.4, 0.5) is 4.79 Å². The Morgan fingerprint density at radius 1 is 0.933 bits per heavy atom. The molecular weight excluding hydrogens is 564 g/mol. The molecule has 2 atom stereocenters. The molecule has 1 aliphatic carbocycles. The molecule has 3 aromatic carbocycles. The van der Waals surface area contributed by atoms with Crippen LogP contribution in [-0.2, 0) is 22.5 Å². The average Bonchev–Trinajstić information content (AvgIpc) is 3.86. The average molecular weight is 611 g/mol. The van der Waals surface area contributed by atoms with Crippen molar-refractivity contribution in [3.8, 4) is 5.75 Å². The smallest absolute Gasteiger partial charge is 0.410 e. The predicted octanol–water partition coefficient (Wildman–Crippen LogP) is 7.27. The highest BCUT2D eigenvalue weighted by Crippen LogP contribution is 2.39. The summed E-state index contributed by atoms with van der Waals surface area (Å²) in [6, 6.07) is 21.7. The minimum absolute atomic E-state index is 0.0191. The third-order valence-corrected chi connectivity index (χ3v) is 9.07. The number of nitrogens with zero attached hydrogens (tertiary/aromatic N) is 2. The van der Waals surface area contributed by atoms with Crippen molar-refractivity contribution in [1.29, 1.82) is 0 Å². The van der Waals surface area contributed by atoms with E-state index in [0.717, 1.165) is 35.3 Å². The Morgan fingerprint density at radius 3 is 2.31 bits per heavy atom. The molecule has 0 aromatic heterocycles. The third-order valence-electron chi connectivity index (χ3n) is 9.07. The summed E-state index contributed by atoms with van der Waals surface area (Å²) in [6.07, 6.45) is 2.46. The van der Waals surface area contributed by atoms with E-state index in [-0.39, 0.29) is 36.6 Å². The highest BCUT2D eigenvalue weighted by Gasteiger charge is 2.43. The highest BCUT2D eigenvalue weighted by molar-refractivity contribution is 5.97. The first-order chi connectivity index (χ1) is 21.4. The second-order valence-corrected chi connectivity index (χ2v) is 13.6. The van der Waals surface area contributed by atoms with E-state index in [1.54, 1.807) is 12.0 Å². The van der Waals surface area contributed by atoms with Gasteiger partial charge in [-0.15, -0.1) is 0 Å². The lowest BCUT2D eigenvalue weighted by molar-refractivity contribution is -0.139. The summed E-state index contributed by atoms with van der Waals surface area (Å²) in [4.78, 5) is 44.9. The summed E-state index contributed by atoms with van der Waals surface area (Å²) in [6.45, 7) is 11.1. The maximum Gasteiger partial charge on any atom is 0.410 e. The molecule has 2 aliphatic rings. The number of Topliss-reactive ketones (excluding diaryl/α,β-unsaturated/α-hetero) is 1. The number of methoxy groups -OCH3 is 1. The Kier molecular flexibility index (Phi) is 9.66. The van der Waals surface area contributed by atoms with Gasteiger partial charge in [-0.05, 0) is 106 Å². The van der Waals surface area contributed by atoms with Gasteiger partial charge in [-0.2, -0.15) is 0 Å². The van der Waals surface area contributed by atoms with E-state index in [1.165, 1.54) is 11.1 Å². The first kappa shape index (κ1) is 32.3. The fourth-order valence-corrected chi connectivity index (χ4v) is 6.22. The van der Waals surface area contributed by atoms with Crippen LogP contribution in [0.3, 0.4) is 0 Å². The molecule has 238 valence electrons. The molecule has 0 bridgehead atoms. The summed E-state index contributed by atoms with van der Waals surface area (Å²) < 4.78 is 11.0. The molecule has 7 nitrogen and oxygen atoms in total. The molecule has 5 rings (SSSR count). The van der Waals surface area contributed by atoms with Crippen molar-refractivity contribution in [2.45, 2.75) is 84.4 Å². The van der Waals surface area contributed by atoms with Crippen molar-refractivity contribution in [2.75, 3.05) is 20.2 Å². The molecule has 0 unspecified atom stereocenters. The summed E-state index contributed by atoms with van der Waals surface area (Å²) in [5.41, 5.74) is 5.43. The molecule has 2 fully saturated rings. The molecule has 45 heavy (non-hydrogen) atoms. The standard InChI is InChI=1S/C38H46N2O5/c1-25-9-7-12-30(26(25)2)23-40(31-15-16-31)36(42)34-24-39(37(43)45-38(3,4)5)20-19-33(34)28-10-8-11-29(22-28)35(41)21-27-13-17-32(44-6)18-14-27/h7-14,17-18,22,31,33-34H,15-16,19-21,23-24H2,1-6H3/t33-,34+/m1/s1. The SMILES string of the molecule is COc1ccc(CC(=O)c2cccc([C@H]3CCN(C(=O)OC(C)(C)C)C[C@@H]3C(=O)N(Cc3cccc(C)c3C)C3CC3)c2)cc1. The van der Waals surface area contributed by atoms with Crippen LogP contribution in [0.5, 0.6) is 5.75 Å². The fourth-order valence-electron chi connectivity index (χ4n) is 6.22. The Bertz CT molecular complexity index is 1540. The molecular formula is C38H46N2O5. The maximum absolute atomic E-state index is 14.6. The minimum Gasteiger partial charge on any atom is -0.497 e. The van der Waals surface area contributed by atoms with Crippen LogP contribution < -0.4 is 4.74 Å². The van der Waals surface area contributed by atoms with E-state index in [2.05, 4.69) is 32.0 Å². The molecule has 0 radical (unpaired) electrons. The molecule has 7 heteroatoms. The first-order valence-corrected chi connectivity index (χ1v) is 16.0. The molecule has 0 N–H and O–H groups in total. The zero-order chi connectivity index (χ0) is 32.3. The number of piperidine rings is 1. The van der Waals surface area contributed by atoms with Crippen molar-refractivity contribution in [2.24, 2.45) is 5.92 Å². The lowest BCUT2D eigenvalue weighted by Crippen LogP contribution is -2.51. The van der Waals surface area contributed by atoms with Crippen molar-refractivity contribution in [3.05, 3.63) is 100 Å². The van der Waals surface area contributed by atoms with Crippen molar-refractivity contribution < 1.29 is 23.9 Å². The van der Waals surface area contributed by atoms with Gasteiger partial charge in [0.25, 0.3) is 0 Å². The van der Waals surface area contributed by atoms with Gasteiger partial charge in [0, 0.05) is 37.7 Å². The van der Waals surface area contributed by atoms with Crippen molar-refractivity contribution in [3.63, 3.8) is 0 Å². The summed E-state index contributed by atoms with van der Waals surface area (Å²) in [5.74, 6) is 0.241. The summed E-state index contributed by atoms with van der Waals surface area (Å²) >= 11 is 0. The Morgan fingerprint density at radius 2 is 1.64 bits per heavy atom. The Hall–Kier alpha value is -4.13. The number of likely N-dealkylation sites (tertiary alicyclic amines) is 1. The van der Waals surface area contributed by atoms with E-state index in [4.69, 9.17) is 9.47 Å². The summed E-state index contributed by atoms with van der Waals surface area (Å²) in [7, 11) is 1.62. The van der Waals surface area contributed by atoms with Gasteiger partial charge in [-0.1, -0.05) is 48.5 Å². The van der Waals surface area contributed by atoms with Crippen molar-refractivity contribution >= 4 is 17.8 Å². The van der Waals surface area contributed by atoms with Crippen LogP contribution in [0.25, 0.3) is 0 Å². The number of ketones is 1. The highest BCUT2D eigenvalue weighted by atomic mass is 16.6. The van der Waals surface area contributed by atoms with E-state index < -0.39 is 17.6 Å². The number of benzene rings is 3. The van der Waals surface area contributed by atoms with Crippen LogP contribution in [0.2, 0.25) is 0 Å². The first-order valence-electron chi connectivity index (χ1n) is 16.0. The van der Waals surface area contributed by atoms with Gasteiger partial charge in [0.15, 0.2) is 5.78 Å². The second kappa shape index (κ2) is 13.5. The Labute approximate surface area is 267 Å². The lowest BCUT2D eigenvalue weighted by atomic mass is 9.79. The van der Waals surface area contributed by atoms with E-state index in [0.29, 0.717) is 25.1 Å². The fraction of sp³-hybridized carbons (Fsp3) is 0.447. The number of carbonyl (C=O) groups is 3. The molecule has 1 saturated carbocycles. The quantitative estimate of drug-likeness (QED) is 0.238. The number of rotatable bonds is 9. The van der Waals surface area contributed by atoms with Gasteiger partial charge in [-0.25, -0.2) is 4.79 Å². The zero-order valence-electron chi connectivity index (χ0n) is 27.5. The molecule has 1 saturated heterocycles. The van der Waals surface area contributed by atoms with Crippen LogP contribution in [0.1, 0.15) is 84.1 Å². The van der Waals surface area contributed by atoms with Gasteiger partial charge in [0.05, 0.1) is 13.0 Å². The zero-order valence-corrected chi connectivity index (χ0v) is 27.5. The number of ether oxygens (including phenoxy) is 2. The largest absolute Gasteiger partial charge is 0.497 e. The van der Waals surface area contributed by atoms with E-state index in [9.17, 15) is 14.4 Å². The van der Waals surface area contributed by atoms with E-state index >= 15 is 0 Å². The summed E-state index contributed by atoms with van der Waals surface area (Å²) in [5, 5.41) is 0. The molecule has 0 spiro atoms. The number of amides is 2. The normalized spacial score (nSPS) is 18.3. The number of hydrogen-bond donors (Lipinski definition) is 0. The molecule has 1 aliphatic heterocycles. The third kappa shape index (κ3) is 7.94. The second-order valence-electron chi connectivity index (χ2n) is 13.6. The molecule has 1 heterocycles. The Balaban J connectivity index is 1.42. The van der Waals surface area contributed by atoms with Crippen LogP contribution >= 0.6 is 0 Å². The van der Waals surface area contributed by atoms with Crippen LogP contribution in [0, 0.1) is 19.8 Å². The van der Waals surface area contributed by atoms with Gasteiger partial charge < -0.3 is 19.3 Å². The van der Waals surface area contributed by atoms with Gasteiger partial charge in [0.1, 0.15) is 11.4 Å². The molecule has 3 aromatic rings. The number of hydrogen-bond acceptors (Lipinski definition) is 5.